The molecule has 2 rings (SSSR count). The van der Waals surface area contributed by atoms with Gasteiger partial charge in [-0.1, -0.05) is 12.1 Å². The van der Waals surface area contributed by atoms with Crippen LogP contribution in [0.15, 0.2) is 53.5 Å². The van der Waals surface area contributed by atoms with Crippen LogP contribution in [0, 0.1) is 5.82 Å². The van der Waals surface area contributed by atoms with Gasteiger partial charge in [-0.05, 0) is 36.4 Å². The van der Waals surface area contributed by atoms with E-state index >= 15 is 0 Å². The van der Waals surface area contributed by atoms with Crippen LogP contribution in [-0.4, -0.2) is 12.0 Å². The molecule has 0 N–H and O–H groups in total. The van der Waals surface area contributed by atoms with E-state index in [4.69, 9.17) is 4.74 Å². The van der Waals surface area contributed by atoms with Crippen molar-refractivity contribution in [1.82, 2.24) is 0 Å². The Morgan fingerprint density at radius 2 is 1.79 bits per heavy atom. The summed E-state index contributed by atoms with van der Waals surface area (Å²) in [7, 11) is 0. The van der Waals surface area contributed by atoms with Gasteiger partial charge in [-0.2, -0.15) is 4.99 Å². The van der Waals surface area contributed by atoms with E-state index in [1.807, 2.05) is 0 Å². The second-order valence-corrected chi connectivity index (χ2v) is 3.56. The van der Waals surface area contributed by atoms with Gasteiger partial charge in [0.1, 0.15) is 11.6 Å². The maximum Gasteiger partial charge on any atom is 0.345 e. The van der Waals surface area contributed by atoms with Crippen LogP contribution < -0.4 is 4.74 Å². The number of benzene rings is 2. The Hall–Kier alpha value is -2.78. The molecule has 2 aromatic carbocycles. The standard InChI is InChI=1S/C14H8FNO3/c15-10-5-7-11(8-6-10)19-14(18)12-3-1-2-4-13(12)16-9-17/h1-8H. The molecule has 94 valence electrons. The van der Waals surface area contributed by atoms with E-state index in [-0.39, 0.29) is 17.0 Å². The van der Waals surface area contributed by atoms with E-state index < -0.39 is 11.8 Å². The third-order valence-corrected chi connectivity index (χ3v) is 2.31. The molecule has 4 nitrogen and oxygen atoms in total. The summed E-state index contributed by atoms with van der Waals surface area (Å²) < 4.78 is 17.8. The highest BCUT2D eigenvalue weighted by Gasteiger charge is 2.13. The maximum atomic E-state index is 12.7. The first-order valence-electron chi connectivity index (χ1n) is 5.35. The summed E-state index contributed by atoms with van der Waals surface area (Å²) in [6.45, 7) is 0. The fraction of sp³-hybridized carbons (Fsp3) is 0. The molecule has 0 aromatic heterocycles. The Kier molecular flexibility index (Phi) is 3.81. The number of aliphatic imine (C=N–C) groups is 1. The lowest BCUT2D eigenvalue weighted by Gasteiger charge is -2.05. The number of ether oxygens (including phenoxy) is 1. The van der Waals surface area contributed by atoms with Gasteiger partial charge in [0.2, 0.25) is 6.08 Å². The van der Waals surface area contributed by atoms with Gasteiger partial charge in [-0.15, -0.1) is 0 Å². The Morgan fingerprint density at radius 3 is 2.47 bits per heavy atom. The molecule has 0 bridgehead atoms. The molecule has 0 aliphatic heterocycles. The Balaban J connectivity index is 2.25. The number of nitrogens with zero attached hydrogens (tertiary/aromatic N) is 1. The predicted octanol–water partition coefficient (Wildman–Crippen LogP) is 3.01. The maximum absolute atomic E-state index is 12.7. The van der Waals surface area contributed by atoms with Crippen LogP contribution in [0.5, 0.6) is 5.75 Å². The fourth-order valence-corrected chi connectivity index (χ4v) is 1.46. The zero-order valence-corrected chi connectivity index (χ0v) is 9.67. The lowest BCUT2D eigenvalue weighted by Crippen LogP contribution is -2.08. The van der Waals surface area contributed by atoms with Crippen molar-refractivity contribution in [3.63, 3.8) is 0 Å². The van der Waals surface area contributed by atoms with Crippen LogP contribution in [0.1, 0.15) is 10.4 Å². The van der Waals surface area contributed by atoms with E-state index in [0.717, 1.165) is 0 Å². The van der Waals surface area contributed by atoms with Gasteiger partial charge in [0.15, 0.2) is 0 Å². The van der Waals surface area contributed by atoms with Gasteiger partial charge in [-0.3, -0.25) is 0 Å². The number of halogens is 1. The zero-order valence-electron chi connectivity index (χ0n) is 9.67. The molecule has 19 heavy (non-hydrogen) atoms. The number of para-hydroxylation sites is 1. The number of esters is 1. The number of hydrogen-bond acceptors (Lipinski definition) is 4. The first kappa shape index (κ1) is 12.7. The average Bonchev–Trinajstić information content (AvgIpc) is 2.42. The number of carbonyl (C=O) groups excluding carboxylic acids is 2. The quantitative estimate of drug-likeness (QED) is 0.367. The third-order valence-electron chi connectivity index (χ3n) is 2.31. The molecule has 2 aromatic rings. The molecule has 0 fully saturated rings. The van der Waals surface area contributed by atoms with Crippen LogP contribution >= 0.6 is 0 Å². The topological polar surface area (TPSA) is 55.7 Å². The molecule has 0 atom stereocenters. The normalized spacial score (nSPS) is 9.53. The minimum atomic E-state index is -0.679. The van der Waals surface area contributed by atoms with Crippen molar-refractivity contribution in [2.24, 2.45) is 4.99 Å². The van der Waals surface area contributed by atoms with Crippen molar-refractivity contribution < 1.29 is 18.7 Å². The van der Waals surface area contributed by atoms with Gasteiger partial charge >= 0.3 is 5.97 Å². The number of rotatable bonds is 3. The highest BCUT2D eigenvalue weighted by Crippen LogP contribution is 2.20. The first-order valence-corrected chi connectivity index (χ1v) is 5.35. The summed E-state index contributed by atoms with van der Waals surface area (Å²) >= 11 is 0. The van der Waals surface area contributed by atoms with Crippen LogP contribution in [0.3, 0.4) is 0 Å². The van der Waals surface area contributed by atoms with Gasteiger partial charge in [0, 0.05) is 0 Å². The van der Waals surface area contributed by atoms with Gasteiger partial charge < -0.3 is 4.74 Å². The summed E-state index contributed by atoms with van der Waals surface area (Å²) in [6, 6.07) is 11.2. The number of hydrogen-bond donors (Lipinski definition) is 0. The monoisotopic (exact) mass is 257 g/mol. The molecular formula is C14H8FNO3. The Bertz CT molecular complexity index is 646. The molecule has 0 radical (unpaired) electrons. The minimum Gasteiger partial charge on any atom is -0.423 e. The summed E-state index contributed by atoms with van der Waals surface area (Å²) in [5.74, 6) is -0.900. The molecule has 0 heterocycles. The lowest BCUT2D eigenvalue weighted by atomic mass is 10.2. The molecule has 0 aliphatic rings. The zero-order chi connectivity index (χ0) is 13.7. The summed E-state index contributed by atoms with van der Waals surface area (Å²) in [5.41, 5.74) is 0.305. The SMILES string of the molecule is O=C=Nc1ccccc1C(=O)Oc1ccc(F)cc1. The van der Waals surface area contributed by atoms with E-state index in [1.165, 1.54) is 42.5 Å². The van der Waals surface area contributed by atoms with Gasteiger partial charge in [0.05, 0.1) is 11.3 Å². The van der Waals surface area contributed by atoms with Gasteiger partial charge in [0.25, 0.3) is 0 Å². The van der Waals surface area contributed by atoms with Gasteiger partial charge in [-0.25, -0.2) is 14.0 Å². The molecule has 0 aliphatic carbocycles. The van der Waals surface area contributed by atoms with Crippen molar-refractivity contribution in [3.8, 4) is 5.75 Å². The van der Waals surface area contributed by atoms with E-state index in [1.54, 1.807) is 12.1 Å². The second kappa shape index (κ2) is 5.71. The average molecular weight is 257 g/mol. The molecule has 0 saturated carbocycles. The van der Waals surface area contributed by atoms with Crippen LogP contribution in [0.25, 0.3) is 0 Å². The lowest BCUT2D eigenvalue weighted by molar-refractivity contribution is 0.0735. The molecule has 0 amide bonds. The van der Waals surface area contributed by atoms with Crippen molar-refractivity contribution in [1.29, 1.82) is 0 Å². The van der Waals surface area contributed by atoms with Crippen LogP contribution in [-0.2, 0) is 4.79 Å². The summed E-state index contributed by atoms with van der Waals surface area (Å²) in [5, 5.41) is 0. The number of isocyanates is 1. The highest BCUT2D eigenvalue weighted by atomic mass is 19.1. The Morgan fingerprint density at radius 1 is 1.11 bits per heavy atom. The fourth-order valence-electron chi connectivity index (χ4n) is 1.46. The van der Waals surface area contributed by atoms with Crippen LogP contribution in [0.2, 0.25) is 0 Å². The minimum absolute atomic E-state index is 0.134. The molecule has 0 spiro atoms. The van der Waals surface area contributed by atoms with Crippen molar-refractivity contribution >= 4 is 17.7 Å². The van der Waals surface area contributed by atoms with Crippen LogP contribution in [0.4, 0.5) is 10.1 Å². The van der Waals surface area contributed by atoms with E-state index in [0.29, 0.717) is 0 Å². The molecule has 5 heteroatoms. The number of carbonyl (C=O) groups is 1. The van der Waals surface area contributed by atoms with E-state index in [9.17, 15) is 14.0 Å². The summed E-state index contributed by atoms with van der Waals surface area (Å²) in [4.78, 5) is 25.6. The first-order chi connectivity index (χ1) is 9.20. The molecule has 0 saturated heterocycles. The highest BCUT2D eigenvalue weighted by molar-refractivity contribution is 5.96. The largest absolute Gasteiger partial charge is 0.423 e. The third kappa shape index (κ3) is 3.12. The van der Waals surface area contributed by atoms with Crippen molar-refractivity contribution in [2.75, 3.05) is 0 Å². The van der Waals surface area contributed by atoms with Crippen molar-refractivity contribution in [2.45, 2.75) is 0 Å². The summed E-state index contributed by atoms with van der Waals surface area (Å²) in [6.07, 6.45) is 1.37. The smallest absolute Gasteiger partial charge is 0.345 e. The van der Waals surface area contributed by atoms with E-state index in [2.05, 4.69) is 4.99 Å². The van der Waals surface area contributed by atoms with Crippen molar-refractivity contribution in [3.05, 3.63) is 59.9 Å². The molecule has 0 unspecified atom stereocenters. The second-order valence-electron chi connectivity index (χ2n) is 3.56. The molecular weight excluding hydrogens is 249 g/mol. The Labute approximate surface area is 108 Å². The predicted molar refractivity (Wildman–Crippen MR) is 65.6 cm³/mol.